The van der Waals surface area contributed by atoms with Crippen LogP contribution in [0.25, 0.3) is 33.0 Å². The Labute approximate surface area is 250 Å². The van der Waals surface area contributed by atoms with Gasteiger partial charge in [-0.2, -0.15) is 0 Å². The molecule has 2 atom stereocenters. The molecule has 0 radical (unpaired) electrons. The van der Waals surface area contributed by atoms with E-state index in [9.17, 15) is 0 Å². The summed E-state index contributed by atoms with van der Waals surface area (Å²) >= 11 is 0.186. The van der Waals surface area contributed by atoms with Gasteiger partial charge in [0.25, 0.3) is 0 Å². The van der Waals surface area contributed by atoms with Crippen LogP contribution in [-0.4, -0.2) is 6.88 Å². The minimum atomic E-state index is -3.52. The SMILES string of the molecule is CC1=Cc2c(-c3cccs3)cccc2[CH]1[Zr]([CH3])([CH3])(=[SiH2])[CH]1C(C(C)C)=Cc2c(-c3cccs3)cccc21.Cl.Cl. The Kier molecular flexibility index (Phi) is 8.49. The molecule has 4 aromatic rings. The van der Waals surface area contributed by atoms with E-state index in [1.54, 1.807) is 22.3 Å². The van der Waals surface area contributed by atoms with E-state index in [-0.39, 0.29) is 24.8 Å². The molecule has 0 aliphatic heterocycles. The van der Waals surface area contributed by atoms with Crippen LogP contribution < -0.4 is 0 Å². The first-order valence-electron chi connectivity index (χ1n) is 13.0. The van der Waals surface area contributed by atoms with E-state index in [4.69, 9.17) is 0 Å². The van der Waals surface area contributed by atoms with Crippen LogP contribution in [0.15, 0.2) is 82.6 Å². The van der Waals surface area contributed by atoms with Crippen molar-refractivity contribution < 1.29 is 17.4 Å². The maximum Gasteiger partial charge on any atom is -0.147 e. The Morgan fingerprint density at radius 2 is 1.21 bits per heavy atom. The molecule has 2 aromatic carbocycles. The molecule has 38 heavy (non-hydrogen) atoms. The van der Waals surface area contributed by atoms with Crippen LogP contribution in [-0.2, 0) is 17.4 Å². The van der Waals surface area contributed by atoms with Gasteiger partial charge in [-0.1, -0.05) is 0 Å². The van der Waals surface area contributed by atoms with E-state index in [2.05, 4.69) is 120 Å². The van der Waals surface area contributed by atoms with Gasteiger partial charge in [-0.25, -0.2) is 0 Å². The van der Waals surface area contributed by atoms with Crippen LogP contribution in [0.5, 0.6) is 0 Å². The molecule has 0 saturated heterocycles. The fourth-order valence-corrected chi connectivity index (χ4v) is 29.4. The summed E-state index contributed by atoms with van der Waals surface area (Å²) in [6.07, 6.45) is 5.12. The second-order valence-corrected chi connectivity index (χ2v) is 44.4. The first kappa shape index (κ1) is 30.0. The molecule has 0 nitrogen and oxygen atoms in total. The summed E-state index contributed by atoms with van der Waals surface area (Å²) < 4.78 is 6.62. The summed E-state index contributed by atoms with van der Waals surface area (Å²) in [5, 5.41) is 4.40. The van der Waals surface area contributed by atoms with Crippen molar-refractivity contribution in [2.45, 2.75) is 37.3 Å². The number of thiophene rings is 2. The zero-order valence-corrected chi connectivity index (χ0v) is 29.8. The molecule has 198 valence electrons. The minimum absolute atomic E-state index is 0. The third kappa shape index (κ3) is 4.68. The predicted molar refractivity (Wildman–Crippen MR) is 176 cm³/mol. The topological polar surface area (TPSA) is 0 Å². The Hall–Kier alpha value is -1.000. The van der Waals surface area contributed by atoms with Gasteiger partial charge in [0.15, 0.2) is 0 Å². The fourth-order valence-electron chi connectivity index (χ4n) is 7.25. The van der Waals surface area contributed by atoms with E-state index in [1.807, 2.05) is 22.7 Å². The molecule has 0 fully saturated rings. The summed E-state index contributed by atoms with van der Waals surface area (Å²) in [7, 11) is 0. The molecule has 0 spiro atoms. The molecule has 2 aliphatic rings. The number of hydrogen-bond donors (Lipinski definition) is 0. The van der Waals surface area contributed by atoms with Gasteiger partial charge in [-0.15, -0.1) is 24.8 Å². The van der Waals surface area contributed by atoms with Crippen LogP contribution >= 0.6 is 47.5 Å². The molecule has 2 heterocycles. The van der Waals surface area contributed by atoms with Crippen molar-refractivity contribution in [2.75, 3.05) is 0 Å². The van der Waals surface area contributed by atoms with Gasteiger partial charge >= 0.3 is 228 Å². The first-order valence-corrected chi connectivity index (χ1v) is 28.4. The van der Waals surface area contributed by atoms with Crippen LogP contribution in [0.3, 0.4) is 0 Å². The standard InChI is InChI=1S/C16H15S.C14H11S.2CH3.2ClH.H2Si.Zr/c1-11(2)13-9-12-5-3-6-14(15(12)10-13)16-7-4-8-17-16;1-10-8-11-4-2-5-12(13(11)9-10)14-6-3-7-15-14;;;;;;/h3-11H,1-2H3;2-9H,1H3;2*1H3;2*1H;1H2;. The number of benzene rings is 2. The van der Waals surface area contributed by atoms with Gasteiger partial charge in [0.2, 0.25) is 0 Å². The second kappa shape index (κ2) is 10.8. The maximum atomic E-state index is 2.75. The number of halogens is 2. The van der Waals surface area contributed by atoms with Crippen LogP contribution in [0.4, 0.5) is 0 Å². The second-order valence-electron chi connectivity index (χ2n) is 12.1. The predicted octanol–water partition coefficient (Wildman–Crippen LogP) is 10.6. The van der Waals surface area contributed by atoms with Crippen molar-refractivity contribution in [2.24, 2.45) is 5.92 Å². The Morgan fingerprint density at radius 3 is 1.68 bits per heavy atom. The molecular formula is C32H36Cl2S2SiZr. The van der Waals surface area contributed by atoms with E-state index < -0.39 is 17.4 Å². The van der Waals surface area contributed by atoms with Gasteiger partial charge in [-0.3, -0.25) is 0 Å². The number of rotatable bonds is 5. The van der Waals surface area contributed by atoms with E-state index in [0.29, 0.717) is 13.2 Å². The molecule has 0 amide bonds. The van der Waals surface area contributed by atoms with E-state index in [1.165, 1.54) is 32.0 Å². The Bertz CT molecular complexity index is 1610. The van der Waals surface area contributed by atoms with E-state index in [0.717, 1.165) is 0 Å². The molecule has 0 N–H and O–H groups in total. The van der Waals surface area contributed by atoms with Crippen LogP contribution in [0.1, 0.15) is 50.3 Å². The molecule has 6 rings (SSSR count). The van der Waals surface area contributed by atoms with Gasteiger partial charge in [0.05, 0.1) is 0 Å². The van der Waals surface area contributed by atoms with E-state index >= 15 is 0 Å². The summed E-state index contributed by atoms with van der Waals surface area (Å²) in [6.45, 7) is 9.67. The molecule has 0 bridgehead atoms. The summed E-state index contributed by atoms with van der Waals surface area (Å²) in [6, 6.07) is 23.1. The molecular weight excluding hydrogens is 639 g/mol. The molecule has 2 aromatic heterocycles. The average Bonchev–Trinajstić information content (AvgIpc) is 3.63. The minimum Gasteiger partial charge on any atom is -0.147 e. The van der Waals surface area contributed by atoms with Crippen LogP contribution in [0.2, 0.25) is 9.26 Å². The molecule has 0 saturated carbocycles. The van der Waals surface area contributed by atoms with Crippen molar-refractivity contribution in [1.82, 2.24) is 0 Å². The van der Waals surface area contributed by atoms with Crippen molar-refractivity contribution in [3.63, 3.8) is 0 Å². The van der Waals surface area contributed by atoms with Gasteiger partial charge in [0, 0.05) is 0 Å². The normalized spacial score (nSPS) is 18.3. The Morgan fingerprint density at radius 1 is 0.711 bits per heavy atom. The van der Waals surface area contributed by atoms with Gasteiger partial charge in [-0.05, 0) is 0 Å². The fraction of sp³-hybridized carbons (Fsp3) is 0.250. The largest absolute Gasteiger partial charge is 0.147 e. The maximum absolute atomic E-state index is 3.52. The third-order valence-corrected chi connectivity index (χ3v) is 27.9. The molecule has 2 aliphatic carbocycles. The monoisotopic (exact) mass is 672 g/mol. The first-order chi connectivity index (χ1) is 17.2. The number of hydrogen-bond acceptors (Lipinski definition) is 2. The smallest absolute Gasteiger partial charge is 0.147 e. The molecule has 6 heteroatoms. The summed E-state index contributed by atoms with van der Waals surface area (Å²) in [4.78, 5) is 2.77. The quantitative estimate of drug-likeness (QED) is 0.185. The third-order valence-electron chi connectivity index (χ3n) is 8.51. The van der Waals surface area contributed by atoms with Crippen LogP contribution in [0, 0.1) is 5.92 Å². The van der Waals surface area contributed by atoms with Crippen molar-refractivity contribution in [3.05, 3.63) is 105 Å². The van der Waals surface area contributed by atoms with Crippen molar-refractivity contribution in [1.29, 1.82) is 0 Å². The van der Waals surface area contributed by atoms with Crippen molar-refractivity contribution >= 4 is 66.5 Å². The average molecular weight is 675 g/mol. The number of fused-ring (bicyclic) bond motifs is 2. The van der Waals surface area contributed by atoms with Gasteiger partial charge < -0.3 is 0 Å². The van der Waals surface area contributed by atoms with Gasteiger partial charge in [0.1, 0.15) is 0 Å². The number of allylic oxidation sites excluding steroid dienone is 2. The van der Waals surface area contributed by atoms with Crippen molar-refractivity contribution in [3.8, 4) is 20.9 Å². The Balaban J connectivity index is 0.00000168. The zero-order chi connectivity index (χ0) is 25.3. The summed E-state index contributed by atoms with van der Waals surface area (Å²) in [5.41, 5.74) is 12.2. The zero-order valence-electron chi connectivity index (χ0n) is 22.7. The summed E-state index contributed by atoms with van der Waals surface area (Å²) in [5.74, 6) is 0.540. The molecule has 2 unspecified atom stereocenters.